The van der Waals surface area contributed by atoms with E-state index in [1.165, 1.54) is 11.3 Å². The highest BCUT2D eigenvalue weighted by atomic mass is 79.9. The molecule has 0 aromatic heterocycles. The molecule has 2 heteroatoms. The summed E-state index contributed by atoms with van der Waals surface area (Å²) >= 11 is 0. The minimum absolute atomic E-state index is 0. The molecule has 0 heterocycles. The van der Waals surface area contributed by atoms with Crippen LogP contribution in [0.5, 0.6) is 0 Å². The zero-order chi connectivity index (χ0) is 8.27. The van der Waals surface area contributed by atoms with Gasteiger partial charge < -0.3 is 4.90 Å². The summed E-state index contributed by atoms with van der Waals surface area (Å²) in [5, 5.41) is 0. The van der Waals surface area contributed by atoms with Crippen LogP contribution in [0.15, 0.2) is 24.3 Å². The number of hydrogen-bond donors (Lipinski definition) is 0. The molecule has 1 nitrogen and oxygen atoms in total. The molecule has 0 saturated carbocycles. The van der Waals surface area contributed by atoms with Crippen molar-refractivity contribution in [2.45, 2.75) is 13.8 Å². The van der Waals surface area contributed by atoms with E-state index in [1.54, 1.807) is 0 Å². The lowest BCUT2D eigenvalue weighted by Crippen LogP contribution is -2.16. The molecule has 1 aromatic rings. The first kappa shape index (κ1) is 11.5. The summed E-state index contributed by atoms with van der Waals surface area (Å²) in [6, 6.07) is 8.44. The first-order chi connectivity index (χ1) is 5.25. The molecule has 12 heavy (non-hydrogen) atoms. The molecule has 0 spiro atoms. The van der Waals surface area contributed by atoms with E-state index in [-0.39, 0.29) is 17.0 Å². The molecule has 0 fully saturated rings. The number of hydrogen-bond acceptors (Lipinski definition) is 1. The second-order valence-electron chi connectivity index (χ2n) is 2.80. The van der Waals surface area contributed by atoms with Gasteiger partial charge in [0.15, 0.2) is 0 Å². The molecule has 1 aromatic carbocycles. The van der Waals surface area contributed by atoms with Crippen molar-refractivity contribution in [2.75, 3.05) is 18.5 Å². The zero-order valence-corrected chi connectivity index (χ0v) is 9.59. The first-order valence-corrected chi connectivity index (χ1v) is 4.02. The van der Waals surface area contributed by atoms with E-state index in [0.717, 1.165) is 6.54 Å². The van der Waals surface area contributed by atoms with Crippen LogP contribution in [0.25, 0.3) is 0 Å². The van der Waals surface area contributed by atoms with Crippen molar-refractivity contribution in [3.8, 4) is 0 Å². The third kappa shape index (κ3) is 2.52. The third-order valence-electron chi connectivity index (χ3n) is 2.00. The second-order valence-corrected chi connectivity index (χ2v) is 2.80. The van der Waals surface area contributed by atoms with Crippen LogP contribution in [-0.4, -0.2) is 13.6 Å². The lowest BCUT2D eigenvalue weighted by atomic mass is 10.2. The Morgan fingerprint density at radius 1 is 1.25 bits per heavy atom. The number of rotatable bonds is 2. The van der Waals surface area contributed by atoms with Gasteiger partial charge in [0.2, 0.25) is 0 Å². The third-order valence-corrected chi connectivity index (χ3v) is 2.00. The van der Waals surface area contributed by atoms with Crippen LogP contribution in [0.4, 0.5) is 5.69 Å². The zero-order valence-electron chi connectivity index (χ0n) is 7.87. The van der Waals surface area contributed by atoms with Crippen LogP contribution < -0.4 is 4.90 Å². The van der Waals surface area contributed by atoms with E-state index in [4.69, 9.17) is 0 Å². The smallest absolute Gasteiger partial charge is 0.0393 e. The van der Waals surface area contributed by atoms with Gasteiger partial charge in [-0.3, -0.25) is 0 Å². The Bertz CT molecular complexity index is 235. The van der Waals surface area contributed by atoms with Gasteiger partial charge in [-0.05, 0) is 25.5 Å². The standard InChI is InChI=1S/C10H15N.BrH/c1-4-11(3)10-8-6-5-7-9(10)2;/h5-8H,4H2,1-3H3;1H. The maximum atomic E-state index is 2.25. The SMILES string of the molecule is Br.CCN(C)c1ccccc1C. The molecule has 0 aliphatic heterocycles. The van der Waals surface area contributed by atoms with Crippen molar-refractivity contribution in [3.05, 3.63) is 29.8 Å². The normalized spacial score (nSPS) is 8.92. The van der Waals surface area contributed by atoms with E-state index in [2.05, 4.69) is 50.1 Å². The highest BCUT2D eigenvalue weighted by molar-refractivity contribution is 8.93. The Morgan fingerprint density at radius 3 is 2.33 bits per heavy atom. The Morgan fingerprint density at radius 2 is 1.83 bits per heavy atom. The average molecular weight is 230 g/mol. The van der Waals surface area contributed by atoms with Gasteiger partial charge in [-0.25, -0.2) is 0 Å². The highest BCUT2D eigenvalue weighted by Gasteiger charge is 1.98. The largest absolute Gasteiger partial charge is 0.375 e. The van der Waals surface area contributed by atoms with Crippen LogP contribution in [-0.2, 0) is 0 Å². The molecule has 0 amide bonds. The summed E-state index contributed by atoms with van der Waals surface area (Å²) in [5.74, 6) is 0. The van der Waals surface area contributed by atoms with E-state index >= 15 is 0 Å². The fraction of sp³-hybridized carbons (Fsp3) is 0.400. The van der Waals surface area contributed by atoms with Crippen LogP contribution in [0.3, 0.4) is 0 Å². The van der Waals surface area contributed by atoms with Gasteiger partial charge in [0.05, 0.1) is 0 Å². The number of anilines is 1. The van der Waals surface area contributed by atoms with E-state index < -0.39 is 0 Å². The minimum atomic E-state index is 0. The Labute approximate surface area is 85.2 Å². The van der Waals surface area contributed by atoms with Crippen molar-refractivity contribution < 1.29 is 0 Å². The number of halogens is 1. The summed E-state index contributed by atoms with van der Waals surface area (Å²) in [4.78, 5) is 2.25. The fourth-order valence-corrected chi connectivity index (χ4v) is 1.16. The summed E-state index contributed by atoms with van der Waals surface area (Å²) < 4.78 is 0. The average Bonchev–Trinajstić information content (AvgIpc) is 2.04. The fourth-order valence-electron chi connectivity index (χ4n) is 1.16. The maximum absolute atomic E-state index is 2.25. The highest BCUT2D eigenvalue weighted by Crippen LogP contribution is 2.16. The number of aryl methyl sites for hydroxylation is 1. The molecule has 0 aliphatic rings. The van der Waals surface area contributed by atoms with Crippen LogP contribution in [0.2, 0.25) is 0 Å². The van der Waals surface area contributed by atoms with Crippen molar-refractivity contribution in [1.29, 1.82) is 0 Å². The number of para-hydroxylation sites is 1. The molecule has 68 valence electrons. The lowest BCUT2D eigenvalue weighted by molar-refractivity contribution is 0.961. The Balaban J connectivity index is 0.00000121. The predicted molar refractivity (Wildman–Crippen MR) is 60.4 cm³/mol. The molecular weight excluding hydrogens is 214 g/mol. The summed E-state index contributed by atoms with van der Waals surface area (Å²) in [6.45, 7) is 5.36. The van der Waals surface area contributed by atoms with Crippen LogP contribution in [0, 0.1) is 6.92 Å². The van der Waals surface area contributed by atoms with Crippen molar-refractivity contribution in [1.82, 2.24) is 0 Å². The molecule has 0 N–H and O–H groups in total. The summed E-state index contributed by atoms with van der Waals surface area (Å²) in [5.41, 5.74) is 2.67. The van der Waals surface area contributed by atoms with Gasteiger partial charge >= 0.3 is 0 Å². The van der Waals surface area contributed by atoms with Crippen LogP contribution in [0.1, 0.15) is 12.5 Å². The van der Waals surface area contributed by atoms with Gasteiger partial charge in [-0.1, -0.05) is 18.2 Å². The monoisotopic (exact) mass is 229 g/mol. The second kappa shape index (κ2) is 5.20. The van der Waals surface area contributed by atoms with Crippen LogP contribution >= 0.6 is 17.0 Å². The molecule has 0 aliphatic carbocycles. The van der Waals surface area contributed by atoms with Crippen molar-refractivity contribution in [2.24, 2.45) is 0 Å². The van der Waals surface area contributed by atoms with Crippen molar-refractivity contribution >= 4 is 22.7 Å². The molecule has 0 saturated heterocycles. The minimum Gasteiger partial charge on any atom is -0.375 e. The van der Waals surface area contributed by atoms with Gasteiger partial charge in [0.1, 0.15) is 0 Å². The van der Waals surface area contributed by atoms with E-state index in [1.807, 2.05) is 0 Å². The lowest BCUT2D eigenvalue weighted by Gasteiger charge is -2.18. The first-order valence-electron chi connectivity index (χ1n) is 4.02. The number of benzene rings is 1. The van der Waals surface area contributed by atoms with E-state index in [0.29, 0.717) is 0 Å². The summed E-state index contributed by atoms with van der Waals surface area (Å²) in [7, 11) is 2.11. The van der Waals surface area contributed by atoms with Gasteiger partial charge in [-0.15, -0.1) is 17.0 Å². The maximum Gasteiger partial charge on any atom is 0.0393 e. The predicted octanol–water partition coefficient (Wildman–Crippen LogP) is 3.03. The Kier molecular flexibility index (Phi) is 4.98. The van der Waals surface area contributed by atoms with Gasteiger partial charge in [0.25, 0.3) is 0 Å². The quantitative estimate of drug-likeness (QED) is 0.754. The van der Waals surface area contributed by atoms with Gasteiger partial charge in [0, 0.05) is 19.3 Å². The molecular formula is C10H16BrN. The molecule has 0 atom stereocenters. The Hall–Kier alpha value is -0.500. The summed E-state index contributed by atoms with van der Waals surface area (Å²) in [6.07, 6.45) is 0. The molecule has 1 rings (SSSR count). The molecule has 0 radical (unpaired) electrons. The molecule has 0 unspecified atom stereocenters. The van der Waals surface area contributed by atoms with Crippen molar-refractivity contribution in [3.63, 3.8) is 0 Å². The van der Waals surface area contributed by atoms with E-state index in [9.17, 15) is 0 Å². The number of nitrogens with zero attached hydrogens (tertiary/aromatic N) is 1. The topological polar surface area (TPSA) is 3.24 Å². The van der Waals surface area contributed by atoms with Gasteiger partial charge in [-0.2, -0.15) is 0 Å². The molecule has 0 bridgehead atoms.